The molecule has 3 aromatic carbocycles. The zero-order valence-electron chi connectivity index (χ0n) is 76.1. The monoisotopic (exact) mass is 1870 g/mol. The second-order valence-electron chi connectivity index (χ2n) is 34.4. The van der Waals surface area contributed by atoms with Gasteiger partial charge in [0.2, 0.25) is 41.4 Å². The number of thioether (sulfide) groups is 1. The van der Waals surface area contributed by atoms with Crippen LogP contribution in [0.15, 0.2) is 102 Å². The molecule has 0 aliphatic rings. The van der Waals surface area contributed by atoms with E-state index in [1.54, 1.807) is 90.2 Å². The van der Waals surface area contributed by atoms with E-state index in [2.05, 4.69) is 37.2 Å². The number of nitrogens with zero attached hydrogens (tertiary/aromatic N) is 1. The van der Waals surface area contributed by atoms with Crippen LogP contribution in [0.3, 0.4) is 0 Å². The van der Waals surface area contributed by atoms with E-state index in [0.717, 1.165) is 25.6 Å². The summed E-state index contributed by atoms with van der Waals surface area (Å²) < 4.78 is 1.48. The van der Waals surface area contributed by atoms with Crippen LogP contribution in [0.2, 0.25) is 0 Å². The minimum absolute atomic E-state index is 0.0252. The number of carbonyl (C=O) groups is 18. The predicted molar refractivity (Wildman–Crippen MR) is 484 cm³/mol. The minimum Gasteiger partial charge on any atom is -0.508 e. The van der Waals surface area contributed by atoms with Gasteiger partial charge in [-0.25, -0.2) is 0 Å². The number of unbranched alkanes of at least 4 members (excludes halogenated alkanes) is 1. The highest BCUT2D eigenvalue weighted by atomic mass is 32.2. The molecule has 0 spiro atoms. The van der Waals surface area contributed by atoms with Gasteiger partial charge in [-0.15, -0.1) is 11.8 Å². The summed E-state index contributed by atoms with van der Waals surface area (Å²) in [5, 5.41) is 111. The maximum absolute atomic E-state index is 14.9. The number of Topliss-reactive ketones (excluding diaryl/α,β-unsaturated/α-hetero) is 8. The predicted octanol–water partition coefficient (Wildman–Crippen LogP) is 3.23. The third-order valence-electron chi connectivity index (χ3n) is 22.8. The van der Waals surface area contributed by atoms with Crippen molar-refractivity contribution in [2.24, 2.45) is 59.0 Å². The lowest BCUT2D eigenvalue weighted by atomic mass is 9.85. The molecule has 16 atom stereocenters. The summed E-state index contributed by atoms with van der Waals surface area (Å²) in [7, 11) is 0. The average Bonchev–Trinajstić information content (AvgIpc) is 0.834. The lowest BCUT2D eigenvalue weighted by molar-refractivity contribution is -0.143. The van der Waals surface area contributed by atoms with Crippen molar-refractivity contribution in [1.82, 2.24) is 41.8 Å². The first kappa shape index (κ1) is 113. The van der Waals surface area contributed by atoms with Crippen LogP contribution in [0.4, 0.5) is 0 Å². The van der Waals surface area contributed by atoms with E-state index >= 15 is 0 Å². The number of aliphatic hydroxyl groups is 4. The van der Waals surface area contributed by atoms with Crippen LogP contribution >= 0.6 is 11.8 Å². The fourth-order valence-corrected chi connectivity index (χ4v) is 15.6. The molecule has 4 rings (SSSR count). The molecule has 0 aliphatic heterocycles. The van der Waals surface area contributed by atoms with E-state index in [-0.39, 0.29) is 90.4 Å². The molecule has 0 radical (unpaired) electrons. The third kappa shape index (κ3) is 41.1. The molecule has 132 heavy (non-hydrogen) atoms. The van der Waals surface area contributed by atoms with Gasteiger partial charge in [0.25, 0.3) is 5.56 Å². The van der Waals surface area contributed by atoms with Gasteiger partial charge in [0.15, 0.2) is 34.7 Å². The molecule has 4 aromatic rings. The smallest absolute Gasteiger partial charge is 0.304 e. The Bertz CT molecular complexity index is 4620. The summed E-state index contributed by atoms with van der Waals surface area (Å²) in [4.78, 5) is 260. The third-order valence-corrected chi connectivity index (χ3v) is 23.8. The maximum atomic E-state index is 14.9. The number of phenolic OH excluding ortho intramolecular Hbond substituents is 2. The first-order valence-electron chi connectivity index (χ1n) is 44.4. The number of nitrogens with two attached hydrogens (primary N) is 1. The summed E-state index contributed by atoms with van der Waals surface area (Å²) in [5.41, 5.74) is 7.13. The Kier molecular flexibility index (Phi) is 49.8. The summed E-state index contributed by atoms with van der Waals surface area (Å²) in [6.07, 6.45) is -8.03. The van der Waals surface area contributed by atoms with Crippen molar-refractivity contribution >= 4 is 117 Å². The SMILES string of the molecule is CC[C@H](C)[C@H](NC(=O)[C@H](CO)CC(=O)[C@H](Cc1ccc(O)cc1)NC(=O)[C@H](CC(=O)O)CC(=O)[C@H](CO)NC(=O)[C@@H](CC(=O)[C@H](Cc1ccccc1)NC(=O)[C@@H](CC(=O)CNC(=O)[C@H](CCC(=O)O)CC(=O)CSCC(=O)CCCn1cccc(C)c1=O)[C@@H](C)O)[C@@H](C)O)C(=O)C[C@@H](Cc1ccc(O)cc1)C(=O)N[C@@H](CC(C)C)C(=O)C[C@@H](CC(=O)O)C(=O)N[C@H](C)CCCCN. The Morgan fingerprint density at radius 1 is 0.432 bits per heavy atom. The van der Waals surface area contributed by atoms with Crippen molar-refractivity contribution in [2.75, 3.05) is 37.8 Å². The number of aromatic nitrogens is 1. The standard InChI is InChI=1S/C94H131N9O28S/c1-9-54(4)86(82(117)42-63(36-60-22-27-67(108)28-23-60)89(126)98-74(35-53(2)3)78(113)40-64(44-84(120)121)88(125)97-56(6)18-13-14-32-95)102-91(128)66(49-104)43-79(114)75(38-61-24-29-68(109)30-25-61)99-90(127)65(45-85(122)123)41-80(115)77(50-105)101-93(130)73(58(8)107)47-81(116)76(37-59-19-11-10-12-20-59)100-92(129)72(57(7)106)46-70(111)48-96-87(124)62(26-31-83(118)119)39-71(112)52-132-51-69(110)21-16-34-103-33-15-17-55(5)94(103)131/h10-12,15,17,19-20,22-25,27-30,33,53-54,56-58,62-66,72-77,86,104-109H,9,13-14,16,18,21,26,31-32,34-52,95H2,1-8H3,(H,96,124)(H,97,125)(H,98,126)(H,99,127)(H,100,129)(H,101,130)(H,102,128)(H,118,119)(H,120,121)(H,122,123)/t54-,56+,57+,58+,62+,63+,64-,65-,66-,72-,73-,74-,75-,76-,77-,86-/m0/s1. The molecule has 0 saturated heterocycles. The number of aromatic hydroxyl groups is 2. The van der Waals surface area contributed by atoms with Crippen molar-refractivity contribution in [3.05, 3.63) is 130 Å². The Balaban J connectivity index is 1.53. The number of aliphatic carboxylic acids is 3. The minimum atomic E-state index is -1.99. The van der Waals surface area contributed by atoms with Gasteiger partial charge in [-0.1, -0.05) is 101 Å². The number of carboxylic acids is 3. The molecule has 7 amide bonds. The lowest BCUT2D eigenvalue weighted by Crippen LogP contribution is -2.52. The van der Waals surface area contributed by atoms with Gasteiger partial charge in [-0.3, -0.25) is 91.1 Å². The highest BCUT2D eigenvalue weighted by molar-refractivity contribution is 8.00. The van der Waals surface area contributed by atoms with Gasteiger partial charge in [0.1, 0.15) is 29.1 Å². The van der Waals surface area contributed by atoms with Crippen molar-refractivity contribution in [1.29, 1.82) is 0 Å². The number of ketones is 8. The Labute approximate surface area is 770 Å². The summed E-state index contributed by atoms with van der Waals surface area (Å²) in [6, 6.07) is 13.8. The van der Waals surface area contributed by atoms with Gasteiger partial charge in [-0.05, 0) is 144 Å². The number of carbonyl (C=O) groups excluding carboxylic acids is 15. The zero-order chi connectivity index (χ0) is 98.6. The van der Waals surface area contributed by atoms with Crippen LogP contribution in [0.1, 0.15) is 186 Å². The van der Waals surface area contributed by atoms with Crippen LogP contribution in [0.25, 0.3) is 0 Å². The van der Waals surface area contributed by atoms with E-state index in [9.17, 15) is 137 Å². The normalized spacial score (nSPS) is 15.0. The number of carboxylic acid groups (broad SMARTS) is 3. The average molecular weight is 1870 g/mol. The molecule has 0 unspecified atom stereocenters. The first-order chi connectivity index (χ1) is 62.4. The quantitative estimate of drug-likeness (QED) is 0.0282. The summed E-state index contributed by atoms with van der Waals surface area (Å²) in [6.45, 7) is 10.1. The fourth-order valence-electron chi connectivity index (χ4n) is 14.8. The van der Waals surface area contributed by atoms with Crippen LogP contribution in [0, 0.1) is 60.2 Å². The van der Waals surface area contributed by atoms with Gasteiger partial charge in [0, 0.05) is 94.0 Å². The highest BCUT2D eigenvalue weighted by Gasteiger charge is 2.41. The van der Waals surface area contributed by atoms with Crippen LogP contribution in [-0.2, 0) is 112 Å². The van der Waals surface area contributed by atoms with Crippen LogP contribution in [-0.4, -0.2) is 242 Å². The molecular formula is C94H131N9O28S. The maximum Gasteiger partial charge on any atom is 0.304 e. The summed E-state index contributed by atoms with van der Waals surface area (Å²) >= 11 is 0.986. The van der Waals surface area contributed by atoms with Crippen molar-refractivity contribution < 1.29 is 132 Å². The van der Waals surface area contributed by atoms with Crippen molar-refractivity contribution in [3.63, 3.8) is 0 Å². The Hall–Kier alpha value is -11.6. The van der Waals surface area contributed by atoms with Crippen LogP contribution in [0.5, 0.6) is 11.5 Å². The molecule has 0 aliphatic carbocycles. The molecule has 0 bridgehead atoms. The van der Waals surface area contributed by atoms with Gasteiger partial charge in [-0.2, -0.15) is 0 Å². The molecule has 18 N–H and O–H groups in total. The molecule has 38 heteroatoms. The van der Waals surface area contributed by atoms with Crippen molar-refractivity contribution in [3.8, 4) is 11.5 Å². The van der Waals surface area contributed by atoms with Gasteiger partial charge in [0.05, 0.1) is 110 Å². The van der Waals surface area contributed by atoms with E-state index in [0.29, 0.717) is 55.5 Å². The number of benzene rings is 3. The fraction of sp³-hybridized carbons (Fsp3) is 0.564. The largest absolute Gasteiger partial charge is 0.508 e. The number of aryl methyl sites for hydroxylation is 2. The topological polar surface area (TPSA) is 622 Å². The molecule has 1 aromatic heterocycles. The van der Waals surface area contributed by atoms with E-state index in [4.69, 9.17) is 5.73 Å². The van der Waals surface area contributed by atoms with E-state index in [1.165, 1.54) is 53.1 Å². The second kappa shape index (κ2) is 58.3. The molecule has 726 valence electrons. The molecule has 37 nitrogen and oxygen atoms in total. The number of amides is 7. The van der Waals surface area contributed by atoms with Gasteiger partial charge >= 0.3 is 17.9 Å². The zero-order valence-corrected chi connectivity index (χ0v) is 76.9. The Morgan fingerprint density at radius 3 is 1.44 bits per heavy atom. The number of phenols is 2. The number of rotatable bonds is 67. The van der Waals surface area contributed by atoms with Crippen molar-refractivity contribution in [2.45, 2.75) is 245 Å². The second-order valence-corrected chi connectivity index (χ2v) is 35.4. The Morgan fingerprint density at radius 2 is 0.909 bits per heavy atom. The highest BCUT2D eigenvalue weighted by Crippen LogP contribution is 2.27. The molecular weight excluding hydrogens is 1740 g/mol. The number of pyridine rings is 1. The number of aliphatic hydroxyl groups excluding tert-OH is 4. The van der Waals surface area contributed by atoms with E-state index in [1.807, 2.05) is 0 Å². The number of hydrogen-bond acceptors (Lipinski definition) is 27. The number of nitrogens with one attached hydrogen (secondary N) is 7. The van der Waals surface area contributed by atoms with Gasteiger partial charge < -0.3 is 93.5 Å². The van der Waals surface area contributed by atoms with Crippen LogP contribution < -0.4 is 48.5 Å². The molecule has 0 fully saturated rings. The number of hydrogen-bond donors (Lipinski definition) is 17. The lowest BCUT2D eigenvalue weighted by Gasteiger charge is -2.28. The molecule has 1 heterocycles. The first-order valence-corrected chi connectivity index (χ1v) is 45.6. The molecule has 0 saturated carbocycles. The van der Waals surface area contributed by atoms with E-state index < -0.39 is 280 Å². The summed E-state index contributed by atoms with van der Waals surface area (Å²) in [5.74, 6) is -29.8.